The lowest BCUT2D eigenvalue weighted by Gasteiger charge is -2.40. The third-order valence-corrected chi connectivity index (χ3v) is 7.64. The lowest BCUT2D eigenvalue weighted by molar-refractivity contribution is -0.116. The highest BCUT2D eigenvalue weighted by Gasteiger charge is 2.37. The molecule has 0 saturated heterocycles. The van der Waals surface area contributed by atoms with Crippen molar-refractivity contribution in [2.24, 2.45) is 17.3 Å². The summed E-state index contributed by atoms with van der Waals surface area (Å²) in [5, 5.41) is 8.79. The number of hydrogen-bond donors (Lipinski definition) is 0. The van der Waals surface area contributed by atoms with Gasteiger partial charge in [-0.25, -0.2) is 0 Å². The van der Waals surface area contributed by atoms with E-state index in [-0.39, 0.29) is 5.41 Å². The van der Waals surface area contributed by atoms with Gasteiger partial charge in [0.1, 0.15) is 6.29 Å². The molecule has 3 rings (SSSR count). The van der Waals surface area contributed by atoms with Gasteiger partial charge < -0.3 is 4.79 Å². The first-order valence-electron chi connectivity index (χ1n) is 11.8. The molecule has 2 aliphatic carbocycles. The van der Waals surface area contributed by atoms with E-state index in [1.165, 1.54) is 68.6 Å². The molecule has 2 nitrogen and oxygen atoms in total. The van der Waals surface area contributed by atoms with E-state index in [0.29, 0.717) is 0 Å². The minimum absolute atomic E-state index is 0.373. The number of hydrogen-bond acceptors (Lipinski definition) is 2. The minimum Gasteiger partial charge on any atom is -0.302 e. The topological polar surface area (TPSA) is 40.9 Å². The Morgan fingerprint density at radius 2 is 1.66 bits per heavy atom. The third-order valence-electron chi connectivity index (χ3n) is 7.64. The van der Waals surface area contributed by atoms with Gasteiger partial charge in [0.25, 0.3) is 0 Å². The highest BCUT2D eigenvalue weighted by Crippen LogP contribution is 2.47. The normalized spacial score (nSPS) is 30.1. The summed E-state index contributed by atoms with van der Waals surface area (Å²) < 4.78 is 0. The predicted octanol–water partition coefficient (Wildman–Crippen LogP) is 7.15. The Kier molecular flexibility index (Phi) is 8.10. The lowest BCUT2D eigenvalue weighted by atomic mass is 9.64. The SMILES string of the molecule is CCCCCc1ccc([C@H]2CC[C@H]([C@H]3CC[C@](C=O)(C=CC#N)CC3)CC2)cc1. The van der Waals surface area contributed by atoms with E-state index in [1.54, 1.807) is 0 Å². The largest absolute Gasteiger partial charge is 0.302 e. The van der Waals surface area contributed by atoms with Gasteiger partial charge in [-0.2, -0.15) is 5.26 Å². The first kappa shape index (κ1) is 21.8. The van der Waals surface area contributed by atoms with Crippen LogP contribution in [-0.2, 0) is 11.2 Å². The van der Waals surface area contributed by atoms with Crippen molar-refractivity contribution in [1.82, 2.24) is 0 Å². The number of aryl methyl sites for hydroxylation is 1. The molecule has 1 aromatic carbocycles. The number of carbonyl (C=O) groups is 1. The van der Waals surface area contributed by atoms with Crippen LogP contribution in [0.1, 0.15) is 94.6 Å². The molecular weight excluding hydrogens is 354 g/mol. The number of allylic oxidation sites excluding steroid dienone is 2. The molecule has 29 heavy (non-hydrogen) atoms. The first-order chi connectivity index (χ1) is 14.2. The molecule has 2 heteroatoms. The van der Waals surface area contributed by atoms with Gasteiger partial charge in [-0.1, -0.05) is 50.1 Å². The molecule has 0 N–H and O–H groups in total. The molecule has 1 aromatic rings. The predicted molar refractivity (Wildman–Crippen MR) is 120 cm³/mol. The summed E-state index contributed by atoms with van der Waals surface area (Å²) in [4.78, 5) is 11.6. The molecule has 0 atom stereocenters. The fraction of sp³-hybridized carbons (Fsp3) is 0.630. The van der Waals surface area contributed by atoms with Crippen LogP contribution in [0.5, 0.6) is 0 Å². The van der Waals surface area contributed by atoms with Crippen LogP contribution in [0.4, 0.5) is 0 Å². The number of unbranched alkanes of at least 4 members (excludes halogenated alkanes) is 2. The Morgan fingerprint density at radius 3 is 2.24 bits per heavy atom. The van der Waals surface area contributed by atoms with Crippen LogP contribution < -0.4 is 0 Å². The molecule has 0 heterocycles. The van der Waals surface area contributed by atoms with E-state index in [9.17, 15) is 4.79 Å². The van der Waals surface area contributed by atoms with Gasteiger partial charge in [-0.3, -0.25) is 0 Å². The summed E-state index contributed by atoms with van der Waals surface area (Å²) >= 11 is 0. The van der Waals surface area contributed by atoms with E-state index < -0.39 is 0 Å². The van der Waals surface area contributed by atoms with Crippen molar-refractivity contribution in [2.45, 2.75) is 89.9 Å². The standard InChI is InChI=1S/C27H37NO/c1-2-3-4-6-22-7-9-23(10-8-22)24-11-13-25(14-12-24)26-15-18-27(21-29,19-16-26)17-5-20-28/h5,7-10,17,21,24-26H,2-4,6,11-16,18-19H2,1H3/t24-,25-,26-,27+. The van der Waals surface area contributed by atoms with E-state index in [4.69, 9.17) is 5.26 Å². The van der Waals surface area contributed by atoms with Crippen LogP contribution >= 0.6 is 0 Å². The van der Waals surface area contributed by atoms with Crippen LogP contribution in [0.2, 0.25) is 0 Å². The van der Waals surface area contributed by atoms with E-state index >= 15 is 0 Å². The van der Waals surface area contributed by atoms with Crippen molar-refractivity contribution in [3.05, 3.63) is 47.5 Å². The molecule has 0 unspecified atom stereocenters. The monoisotopic (exact) mass is 391 g/mol. The maximum atomic E-state index is 11.6. The zero-order valence-corrected chi connectivity index (χ0v) is 18.1. The molecule has 2 fully saturated rings. The summed E-state index contributed by atoms with van der Waals surface area (Å²) in [6.07, 6.45) is 18.9. The molecular formula is C27H37NO. The van der Waals surface area contributed by atoms with Crippen LogP contribution in [0.25, 0.3) is 0 Å². The summed E-state index contributed by atoms with van der Waals surface area (Å²) in [5.74, 6) is 2.32. The Bertz CT molecular complexity index is 695. The van der Waals surface area contributed by atoms with Crippen molar-refractivity contribution in [3.8, 4) is 6.07 Å². The maximum Gasteiger partial charge on any atom is 0.129 e. The van der Waals surface area contributed by atoms with Crippen molar-refractivity contribution >= 4 is 6.29 Å². The van der Waals surface area contributed by atoms with E-state index in [1.807, 2.05) is 12.1 Å². The quantitative estimate of drug-likeness (QED) is 0.268. The van der Waals surface area contributed by atoms with Crippen LogP contribution in [0, 0.1) is 28.6 Å². The molecule has 2 aliphatic rings. The van der Waals surface area contributed by atoms with Crippen molar-refractivity contribution in [1.29, 1.82) is 5.26 Å². The minimum atomic E-state index is -0.373. The number of aldehydes is 1. The van der Waals surface area contributed by atoms with Gasteiger partial charge >= 0.3 is 0 Å². The number of nitriles is 1. The Hall–Kier alpha value is -1.88. The number of carbonyl (C=O) groups excluding carboxylic acids is 1. The molecule has 156 valence electrons. The molecule has 0 aliphatic heterocycles. The molecule has 2 saturated carbocycles. The fourth-order valence-electron chi connectivity index (χ4n) is 5.64. The van der Waals surface area contributed by atoms with Gasteiger partial charge in [0.2, 0.25) is 0 Å². The van der Waals surface area contributed by atoms with Gasteiger partial charge in [-0.15, -0.1) is 0 Å². The van der Waals surface area contributed by atoms with Gasteiger partial charge in [0, 0.05) is 11.5 Å². The summed E-state index contributed by atoms with van der Waals surface area (Å²) in [5.41, 5.74) is 2.65. The summed E-state index contributed by atoms with van der Waals surface area (Å²) in [7, 11) is 0. The lowest BCUT2D eigenvalue weighted by Crippen LogP contribution is -2.31. The zero-order chi connectivity index (χ0) is 20.5. The average Bonchev–Trinajstić information content (AvgIpc) is 2.79. The molecule has 0 spiro atoms. The van der Waals surface area contributed by atoms with Gasteiger partial charge in [0.05, 0.1) is 6.07 Å². The molecule has 0 radical (unpaired) electrons. The zero-order valence-electron chi connectivity index (χ0n) is 18.1. The highest BCUT2D eigenvalue weighted by molar-refractivity contribution is 5.63. The number of nitrogens with zero attached hydrogens (tertiary/aromatic N) is 1. The Labute approximate surface area is 177 Å². The second-order valence-electron chi connectivity index (χ2n) is 9.46. The van der Waals surface area contributed by atoms with Crippen molar-refractivity contribution < 1.29 is 4.79 Å². The van der Waals surface area contributed by atoms with Gasteiger partial charge in [0.15, 0.2) is 0 Å². The Morgan fingerprint density at radius 1 is 1.00 bits per heavy atom. The van der Waals surface area contributed by atoms with Gasteiger partial charge in [-0.05, 0) is 93.1 Å². The van der Waals surface area contributed by atoms with E-state index in [0.717, 1.165) is 49.7 Å². The highest BCUT2D eigenvalue weighted by atomic mass is 16.1. The van der Waals surface area contributed by atoms with Crippen LogP contribution in [0.15, 0.2) is 36.4 Å². The number of benzene rings is 1. The number of rotatable bonds is 8. The maximum absolute atomic E-state index is 11.6. The first-order valence-corrected chi connectivity index (χ1v) is 11.8. The van der Waals surface area contributed by atoms with Crippen molar-refractivity contribution in [2.75, 3.05) is 0 Å². The average molecular weight is 392 g/mol. The third kappa shape index (κ3) is 5.81. The summed E-state index contributed by atoms with van der Waals surface area (Å²) in [6.45, 7) is 2.26. The molecule has 0 bridgehead atoms. The molecule has 0 amide bonds. The second-order valence-corrected chi connectivity index (χ2v) is 9.46. The smallest absolute Gasteiger partial charge is 0.129 e. The Balaban J connectivity index is 1.47. The van der Waals surface area contributed by atoms with Crippen molar-refractivity contribution in [3.63, 3.8) is 0 Å². The van der Waals surface area contributed by atoms with Crippen LogP contribution in [0.3, 0.4) is 0 Å². The second kappa shape index (κ2) is 10.8. The summed E-state index contributed by atoms with van der Waals surface area (Å²) in [6, 6.07) is 11.5. The fourth-order valence-corrected chi connectivity index (χ4v) is 5.64. The molecule has 0 aromatic heterocycles. The van der Waals surface area contributed by atoms with Crippen LogP contribution in [-0.4, -0.2) is 6.29 Å². The van der Waals surface area contributed by atoms with E-state index in [2.05, 4.69) is 31.2 Å².